The topological polar surface area (TPSA) is 171 Å². The van der Waals surface area contributed by atoms with E-state index in [0.717, 1.165) is 6.33 Å². The molecular formula is C16H17N9O2. The van der Waals surface area contributed by atoms with Crippen molar-refractivity contribution < 1.29 is 4.92 Å². The van der Waals surface area contributed by atoms with Crippen molar-refractivity contribution in [3.8, 4) is 24.3 Å². The van der Waals surface area contributed by atoms with Gasteiger partial charge in [0.05, 0.1) is 54.9 Å². The van der Waals surface area contributed by atoms with E-state index in [4.69, 9.17) is 21.0 Å². The molecule has 0 bridgehead atoms. The molecule has 0 saturated heterocycles. The zero-order chi connectivity index (χ0) is 20.1. The van der Waals surface area contributed by atoms with Crippen LogP contribution in [-0.4, -0.2) is 41.1 Å². The van der Waals surface area contributed by atoms with Crippen molar-refractivity contribution in [3.63, 3.8) is 0 Å². The normalized spacial score (nSPS) is 9.33. The molecule has 0 unspecified atom stereocenters. The molecule has 0 N–H and O–H groups in total. The lowest BCUT2D eigenvalue weighted by atomic mass is 10.2. The molecule has 0 atom stereocenters. The minimum atomic E-state index is -0.623. The highest BCUT2D eigenvalue weighted by Gasteiger charge is 2.29. The highest BCUT2D eigenvalue weighted by atomic mass is 16.6. The Balaban J connectivity index is 3.41. The molecule has 1 aromatic rings. The number of rotatable bonds is 11. The fourth-order valence-corrected chi connectivity index (χ4v) is 2.37. The van der Waals surface area contributed by atoms with Crippen LogP contribution < -0.4 is 9.80 Å². The van der Waals surface area contributed by atoms with Gasteiger partial charge in [0.15, 0.2) is 0 Å². The molecule has 0 spiro atoms. The summed E-state index contributed by atoms with van der Waals surface area (Å²) >= 11 is 0. The Morgan fingerprint density at radius 1 is 0.815 bits per heavy atom. The third-order valence-corrected chi connectivity index (χ3v) is 3.54. The predicted molar refractivity (Wildman–Crippen MR) is 94.0 cm³/mol. The van der Waals surface area contributed by atoms with E-state index in [1.165, 1.54) is 9.80 Å². The van der Waals surface area contributed by atoms with Crippen molar-refractivity contribution in [1.29, 1.82) is 21.0 Å². The largest absolute Gasteiger partial charge is 0.353 e. The number of hydrogen-bond acceptors (Lipinski definition) is 10. The van der Waals surface area contributed by atoms with Gasteiger partial charge in [0.1, 0.15) is 6.33 Å². The zero-order valence-electron chi connectivity index (χ0n) is 14.6. The van der Waals surface area contributed by atoms with E-state index in [9.17, 15) is 10.1 Å². The molecule has 0 saturated carbocycles. The number of nitro groups is 1. The molecule has 1 aromatic heterocycles. The number of nitriles is 4. The first-order valence-corrected chi connectivity index (χ1v) is 8.07. The number of aromatic nitrogens is 2. The molecule has 0 radical (unpaired) electrons. The van der Waals surface area contributed by atoms with Gasteiger partial charge in [-0.2, -0.15) is 21.0 Å². The van der Waals surface area contributed by atoms with Crippen molar-refractivity contribution in [2.75, 3.05) is 36.0 Å². The second kappa shape index (κ2) is 11.6. The van der Waals surface area contributed by atoms with Crippen molar-refractivity contribution in [3.05, 3.63) is 16.4 Å². The molecule has 138 valence electrons. The van der Waals surface area contributed by atoms with E-state index < -0.39 is 4.92 Å². The van der Waals surface area contributed by atoms with Crippen LogP contribution in [0.5, 0.6) is 0 Å². The molecule has 0 aliphatic rings. The first-order valence-electron chi connectivity index (χ1n) is 8.07. The van der Waals surface area contributed by atoms with Crippen LogP contribution in [0.25, 0.3) is 0 Å². The third-order valence-electron chi connectivity index (χ3n) is 3.54. The van der Waals surface area contributed by atoms with E-state index >= 15 is 0 Å². The average molecular weight is 367 g/mol. The van der Waals surface area contributed by atoms with Crippen LogP contribution in [0.15, 0.2) is 6.33 Å². The van der Waals surface area contributed by atoms with Crippen molar-refractivity contribution >= 4 is 17.3 Å². The maximum atomic E-state index is 11.8. The van der Waals surface area contributed by atoms with Gasteiger partial charge < -0.3 is 9.80 Å². The molecule has 0 amide bonds. The summed E-state index contributed by atoms with van der Waals surface area (Å²) in [4.78, 5) is 22.2. The lowest BCUT2D eigenvalue weighted by Crippen LogP contribution is -2.30. The van der Waals surface area contributed by atoms with Crippen LogP contribution >= 0.6 is 0 Å². The van der Waals surface area contributed by atoms with Crippen LogP contribution in [0.3, 0.4) is 0 Å². The van der Waals surface area contributed by atoms with Gasteiger partial charge in [0.2, 0.25) is 11.6 Å². The Labute approximate surface area is 156 Å². The van der Waals surface area contributed by atoms with E-state index in [2.05, 4.69) is 9.97 Å². The Kier molecular flexibility index (Phi) is 9.03. The fourth-order valence-electron chi connectivity index (χ4n) is 2.37. The summed E-state index contributed by atoms with van der Waals surface area (Å²) in [6.07, 6.45) is 1.58. The maximum Gasteiger partial charge on any atom is 0.353 e. The molecule has 1 rings (SSSR count). The number of anilines is 2. The van der Waals surface area contributed by atoms with Gasteiger partial charge >= 0.3 is 5.69 Å². The molecule has 11 heteroatoms. The van der Waals surface area contributed by atoms with Gasteiger partial charge in [-0.1, -0.05) is 0 Å². The zero-order valence-corrected chi connectivity index (χ0v) is 14.6. The van der Waals surface area contributed by atoms with E-state index in [1.54, 1.807) is 0 Å². The van der Waals surface area contributed by atoms with Gasteiger partial charge in [-0.05, 0) is 0 Å². The third kappa shape index (κ3) is 6.12. The summed E-state index contributed by atoms with van der Waals surface area (Å²) in [6, 6.07) is 7.86. The number of hydrogen-bond donors (Lipinski definition) is 0. The van der Waals surface area contributed by atoms with Crippen molar-refractivity contribution in [2.24, 2.45) is 0 Å². The Bertz CT molecular complexity index is 719. The van der Waals surface area contributed by atoms with Gasteiger partial charge in [0, 0.05) is 26.2 Å². The van der Waals surface area contributed by atoms with E-state index in [1.807, 2.05) is 24.3 Å². The summed E-state index contributed by atoms with van der Waals surface area (Å²) in [7, 11) is 0. The molecular weight excluding hydrogens is 350 g/mol. The van der Waals surface area contributed by atoms with Crippen molar-refractivity contribution in [2.45, 2.75) is 25.7 Å². The first-order chi connectivity index (χ1) is 13.1. The van der Waals surface area contributed by atoms with E-state index in [0.29, 0.717) is 0 Å². The summed E-state index contributed by atoms with van der Waals surface area (Å²) in [5.41, 5.74) is -0.371. The predicted octanol–water partition coefficient (Wildman–Crippen LogP) is 1.65. The second-order valence-corrected chi connectivity index (χ2v) is 5.23. The lowest BCUT2D eigenvalue weighted by molar-refractivity contribution is -0.383. The smallest absolute Gasteiger partial charge is 0.349 e. The Morgan fingerprint density at radius 2 is 1.15 bits per heavy atom. The van der Waals surface area contributed by atoms with E-state index in [-0.39, 0.29) is 69.2 Å². The monoisotopic (exact) mass is 367 g/mol. The Hall–Kier alpha value is -3.96. The standard InChI is InChI=1S/C16H17N9O2/c17-5-1-9-23(10-2-6-18)15-14(25(26)27)16(22-13-21-15)24(11-3-7-19)12-4-8-20/h13H,1-4,9-12H2. The highest BCUT2D eigenvalue weighted by molar-refractivity contribution is 5.71. The second-order valence-electron chi connectivity index (χ2n) is 5.23. The summed E-state index contributed by atoms with van der Waals surface area (Å²) in [6.45, 7) is 0.690. The molecule has 0 aliphatic heterocycles. The summed E-state index contributed by atoms with van der Waals surface area (Å²) in [5, 5.41) is 47.1. The van der Waals surface area contributed by atoms with Crippen LogP contribution in [0.2, 0.25) is 0 Å². The van der Waals surface area contributed by atoms with Crippen LogP contribution in [0, 0.1) is 55.4 Å². The van der Waals surface area contributed by atoms with Gasteiger partial charge in [-0.3, -0.25) is 10.1 Å². The average Bonchev–Trinajstić information content (AvgIpc) is 2.67. The summed E-state index contributed by atoms with van der Waals surface area (Å²) in [5.74, 6) is 0.0174. The Morgan fingerprint density at radius 3 is 1.41 bits per heavy atom. The molecule has 1 heterocycles. The molecule has 11 nitrogen and oxygen atoms in total. The van der Waals surface area contributed by atoms with Crippen LogP contribution in [-0.2, 0) is 0 Å². The SMILES string of the molecule is N#CCCN(CCC#N)c1ncnc(N(CCC#N)CCC#N)c1[N+](=O)[O-]. The van der Waals surface area contributed by atoms with Gasteiger partial charge in [0.25, 0.3) is 0 Å². The number of nitrogens with zero attached hydrogens (tertiary/aromatic N) is 9. The molecule has 0 aliphatic carbocycles. The molecule has 0 fully saturated rings. The maximum absolute atomic E-state index is 11.8. The van der Waals surface area contributed by atoms with Gasteiger partial charge in [-0.15, -0.1) is 0 Å². The van der Waals surface area contributed by atoms with Crippen molar-refractivity contribution in [1.82, 2.24) is 9.97 Å². The summed E-state index contributed by atoms with van der Waals surface area (Å²) < 4.78 is 0. The van der Waals surface area contributed by atoms with Gasteiger partial charge in [-0.25, -0.2) is 9.97 Å². The minimum Gasteiger partial charge on any atom is -0.349 e. The fraction of sp³-hybridized carbons (Fsp3) is 0.500. The quantitative estimate of drug-likeness (QED) is 0.413. The molecule has 0 aromatic carbocycles. The minimum absolute atomic E-state index is 0.00872. The first kappa shape index (κ1) is 21.1. The van der Waals surface area contributed by atoms with Crippen LogP contribution in [0.4, 0.5) is 17.3 Å². The van der Waals surface area contributed by atoms with Crippen LogP contribution in [0.1, 0.15) is 25.7 Å². The lowest BCUT2D eigenvalue weighted by Gasteiger charge is -2.25. The highest BCUT2D eigenvalue weighted by Crippen LogP contribution is 2.34. The molecule has 27 heavy (non-hydrogen) atoms.